The number of carbonyl (C=O) groups is 2. The van der Waals surface area contributed by atoms with Crippen LogP contribution in [0.1, 0.15) is 24.5 Å². The molecular weight excluding hydrogens is 337 g/mol. The lowest BCUT2D eigenvalue weighted by Gasteiger charge is -2.13. The Morgan fingerprint density at radius 1 is 1.04 bits per heavy atom. The number of rotatable bonds is 8. The number of methoxy groups -OCH3 is 1. The van der Waals surface area contributed by atoms with Crippen LogP contribution >= 0.6 is 0 Å². The van der Waals surface area contributed by atoms with Gasteiger partial charge in [-0.25, -0.2) is 4.39 Å². The maximum Gasteiger partial charge on any atom is 0.306 e. The molecule has 5 nitrogen and oxygen atoms in total. The monoisotopic (exact) mass is 359 g/mol. The van der Waals surface area contributed by atoms with Crippen LogP contribution in [0.25, 0.3) is 0 Å². The summed E-state index contributed by atoms with van der Waals surface area (Å²) in [6.45, 7) is 1.76. The molecule has 0 aliphatic rings. The van der Waals surface area contributed by atoms with Crippen LogP contribution in [0.15, 0.2) is 48.5 Å². The molecule has 0 spiro atoms. The first-order chi connectivity index (χ1) is 12.5. The number of aryl methyl sites for hydroxylation is 1. The van der Waals surface area contributed by atoms with Crippen molar-refractivity contribution in [3.63, 3.8) is 0 Å². The molecule has 2 aromatic carbocycles. The van der Waals surface area contributed by atoms with Crippen molar-refractivity contribution in [3.8, 4) is 5.75 Å². The third-order valence-corrected chi connectivity index (χ3v) is 3.83. The number of carbonyl (C=O) groups excluding carboxylic acids is 2. The zero-order valence-corrected chi connectivity index (χ0v) is 14.8. The van der Waals surface area contributed by atoms with E-state index in [0.717, 1.165) is 16.9 Å². The molecule has 2 aromatic rings. The van der Waals surface area contributed by atoms with Gasteiger partial charge in [0.25, 0.3) is 5.91 Å². The normalized spacial score (nSPS) is 11.5. The number of hydrogen-bond donors (Lipinski definition) is 1. The molecule has 0 aliphatic carbocycles. The van der Waals surface area contributed by atoms with Crippen LogP contribution in [0.4, 0.5) is 4.39 Å². The van der Waals surface area contributed by atoms with Crippen molar-refractivity contribution in [3.05, 3.63) is 65.5 Å². The molecule has 0 bridgehead atoms. The van der Waals surface area contributed by atoms with E-state index in [-0.39, 0.29) is 18.8 Å². The third-order valence-electron chi connectivity index (χ3n) is 3.83. The topological polar surface area (TPSA) is 64.6 Å². The summed E-state index contributed by atoms with van der Waals surface area (Å²) < 4.78 is 23.1. The molecule has 0 fully saturated rings. The highest BCUT2D eigenvalue weighted by Crippen LogP contribution is 2.13. The Morgan fingerprint density at radius 2 is 1.65 bits per heavy atom. The van der Waals surface area contributed by atoms with Crippen molar-refractivity contribution < 1.29 is 23.5 Å². The van der Waals surface area contributed by atoms with E-state index in [1.807, 2.05) is 24.3 Å². The van der Waals surface area contributed by atoms with Crippen LogP contribution in [-0.4, -0.2) is 25.1 Å². The summed E-state index contributed by atoms with van der Waals surface area (Å²) in [5, 5.41) is 2.66. The lowest BCUT2D eigenvalue weighted by atomic mass is 10.1. The molecule has 0 unspecified atom stereocenters. The maximum absolute atomic E-state index is 12.8. The molecule has 1 N–H and O–H groups in total. The largest absolute Gasteiger partial charge is 0.497 e. The summed E-state index contributed by atoms with van der Waals surface area (Å²) in [7, 11) is 1.59. The van der Waals surface area contributed by atoms with Gasteiger partial charge in [-0.15, -0.1) is 0 Å². The zero-order valence-electron chi connectivity index (χ0n) is 14.8. The maximum atomic E-state index is 12.8. The number of nitrogens with one attached hydrogen (secondary N) is 1. The Kier molecular flexibility index (Phi) is 7.14. The van der Waals surface area contributed by atoms with Crippen LogP contribution in [0.2, 0.25) is 0 Å². The minimum atomic E-state index is -0.890. The van der Waals surface area contributed by atoms with E-state index in [9.17, 15) is 14.0 Å². The number of amides is 1. The number of halogens is 1. The Bertz CT molecular complexity index is 728. The van der Waals surface area contributed by atoms with Gasteiger partial charge in [0.1, 0.15) is 11.6 Å². The van der Waals surface area contributed by atoms with Gasteiger partial charge in [0.05, 0.1) is 7.11 Å². The standard InChI is InChI=1S/C20H22FNO4/c1-14(20(24)22-13-16-3-8-17(21)9-4-16)26-19(23)12-7-15-5-10-18(25-2)11-6-15/h3-6,8-11,14H,7,12-13H2,1-2H3,(H,22,24)/t14-/m1/s1. The molecule has 0 saturated heterocycles. The highest BCUT2D eigenvalue weighted by Gasteiger charge is 2.17. The first-order valence-electron chi connectivity index (χ1n) is 8.32. The van der Waals surface area contributed by atoms with Gasteiger partial charge in [-0.3, -0.25) is 9.59 Å². The zero-order chi connectivity index (χ0) is 18.9. The van der Waals surface area contributed by atoms with Gasteiger partial charge in [-0.2, -0.15) is 0 Å². The van der Waals surface area contributed by atoms with E-state index in [2.05, 4.69) is 5.32 Å². The van der Waals surface area contributed by atoms with E-state index in [0.29, 0.717) is 6.42 Å². The first kappa shape index (κ1) is 19.4. The molecule has 138 valence electrons. The van der Waals surface area contributed by atoms with Gasteiger partial charge in [-0.1, -0.05) is 24.3 Å². The fourth-order valence-electron chi connectivity index (χ4n) is 2.28. The summed E-state index contributed by atoms with van der Waals surface area (Å²) in [6.07, 6.45) is -0.187. The minimum absolute atomic E-state index is 0.182. The van der Waals surface area contributed by atoms with Crippen molar-refractivity contribution in [2.24, 2.45) is 0 Å². The van der Waals surface area contributed by atoms with Crippen LogP contribution in [-0.2, 0) is 27.3 Å². The summed E-state index contributed by atoms with van der Waals surface area (Å²) in [6, 6.07) is 13.2. The molecular formula is C20H22FNO4. The van der Waals surface area contributed by atoms with Crippen LogP contribution in [0, 0.1) is 5.82 Å². The minimum Gasteiger partial charge on any atom is -0.497 e. The molecule has 1 amide bonds. The van der Waals surface area contributed by atoms with Crippen molar-refractivity contribution >= 4 is 11.9 Å². The Morgan fingerprint density at radius 3 is 2.27 bits per heavy atom. The molecule has 6 heteroatoms. The van der Waals surface area contributed by atoms with Gasteiger partial charge in [0.15, 0.2) is 6.10 Å². The lowest BCUT2D eigenvalue weighted by Crippen LogP contribution is -2.35. The molecule has 1 atom stereocenters. The van der Waals surface area contributed by atoms with Gasteiger partial charge in [0, 0.05) is 13.0 Å². The molecule has 0 aromatic heterocycles. The molecule has 2 rings (SSSR count). The fraction of sp³-hybridized carbons (Fsp3) is 0.300. The fourth-order valence-corrected chi connectivity index (χ4v) is 2.28. The highest BCUT2D eigenvalue weighted by molar-refractivity contribution is 5.83. The van der Waals surface area contributed by atoms with Crippen molar-refractivity contribution in [1.29, 1.82) is 0 Å². The van der Waals surface area contributed by atoms with Crippen molar-refractivity contribution in [1.82, 2.24) is 5.32 Å². The van der Waals surface area contributed by atoms with E-state index >= 15 is 0 Å². The van der Waals surface area contributed by atoms with Gasteiger partial charge in [0.2, 0.25) is 0 Å². The summed E-state index contributed by atoms with van der Waals surface area (Å²) in [4.78, 5) is 23.9. The molecule has 0 heterocycles. The average Bonchev–Trinajstić information content (AvgIpc) is 2.66. The smallest absolute Gasteiger partial charge is 0.306 e. The van der Waals surface area contributed by atoms with Gasteiger partial charge in [-0.05, 0) is 48.7 Å². The number of hydrogen-bond acceptors (Lipinski definition) is 4. The third kappa shape index (κ3) is 6.20. The second-order valence-electron chi connectivity index (χ2n) is 5.82. The van der Waals surface area contributed by atoms with E-state index < -0.39 is 18.0 Å². The Balaban J connectivity index is 1.72. The van der Waals surface area contributed by atoms with Gasteiger partial charge >= 0.3 is 5.97 Å². The molecule has 0 radical (unpaired) electrons. The van der Waals surface area contributed by atoms with E-state index in [1.165, 1.54) is 19.1 Å². The highest BCUT2D eigenvalue weighted by atomic mass is 19.1. The van der Waals surface area contributed by atoms with E-state index in [1.54, 1.807) is 19.2 Å². The van der Waals surface area contributed by atoms with Crippen LogP contribution in [0.3, 0.4) is 0 Å². The summed E-state index contributed by atoms with van der Waals surface area (Å²) >= 11 is 0. The van der Waals surface area contributed by atoms with Crippen LogP contribution in [0.5, 0.6) is 5.75 Å². The van der Waals surface area contributed by atoms with Gasteiger partial charge < -0.3 is 14.8 Å². The second-order valence-corrected chi connectivity index (χ2v) is 5.82. The Labute approximate surface area is 152 Å². The predicted molar refractivity (Wildman–Crippen MR) is 95.1 cm³/mol. The summed E-state index contributed by atoms with van der Waals surface area (Å²) in [5.41, 5.74) is 1.74. The van der Waals surface area contributed by atoms with E-state index in [4.69, 9.17) is 9.47 Å². The second kappa shape index (κ2) is 9.56. The number of esters is 1. The Hall–Kier alpha value is -2.89. The molecule has 26 heavy (non-hydrogen) atoms. The molecule has 0 aliphatic heterocycles. The first-order valence-corrected chi connectivity index (χ1v) is 8.32. The van der Waals surface area contributed by atoms with Crippen molar-refractivity contribution in [2.75, 3.05) is 7.11 Å². The van der Waals surface area contributed by atoms with Crippen LogP contribution < -0.4 is 10.1 Å². The lowest BCUT2D eigenvalue weighted by molar-refractivity contribution is -0.154. The summed E-state index contributed by atoms with van der Waals surface area (Å²) in [5.74, 6) is -0.417. The SMILES string of the molecule is COc1ccc(CCC(=O)O[C@H](C)C(=O)NCc2ccc(F)cc2)cc1. The number of benzene rings is 2. The number of ether oxygens (including phenoxy) is 2. The molecule has 0 saturated carbocycles. The average molecular weight is 359 g/mol. The predicted octanol–water partition coefficient (Wildman–Crippen LogP) is 3.02. The quantitative estimate of drug-likeness (QED) is 0.736. The van der Waals surface area contributed by atoms with Crippen molar-refractivity contribution in [2.45, 2.75) is 32.4 Å².